The lowest BCUT2D eigenvalue weighted by atomic mass is 10.0. The second-order valence-corrected chi connectivity index (χ2v) is 4.70. The molecule has 1 aliphatic rings. The van der Waals surface area contributed by atoms with E-state index in [1.54, 1.807) is 12.4 Å². The van der Waals surface area contributed by atoms with Crippen molar-refractivity contribution in [3.05, 3.63) is 16.9 Å². The average molecular weight is 271 g/mol. The fourth-order valence-electron chi connectivity index (χ4n) is 1.96. The number of hydrogen-bond acceptors (Lipinski definition) is 4. The minimum atomic E-state index is 0.403. The van der Waals surface area contributed by atoms with Crippen molar-refractivity contribution in [1.29, 1.82) is 0 Å². The van der Waals surface area contributed by atoms with Crippen molar-refractivity contribution in [3.63, 3.8) is 0 Å². The highest BCUT2D eigenvalue weighted by atomic mass is 79.9. The lowest BCUT2D eigenvalue weighted by Crippen LogP contribution is -2.45. The fourth-order valence-corrected chi connectivity index (χ4v) is 2.17. The Balaban J connectivity index is 2.16. The lowest BCUT2D eigenvalue weighted by Gasteiger charge is -2.34. The highest BCUT2D eigenvalue weighted by molar-refractivity contribution is 9.10. The molecule has 0 bridgehead atoms. The number of nitrogens with zero attached hydrogens (tertiary/aromatic N) is 3. The third-order valence-corrected chi connectivity index (χ3v) is 3.17. The Morgan fingerprint density at radius 3 is 2.80 bits per heavy atom. The first-order chi connectivity index (χ1) is 7.31. The molecule has 0 aliphatic carbocycles. The molecule has 0 amide bonds. The second-order valence-electron chi connectivity index (χ2n) is 3.78. The maximum atomic E-state index is 5.75. The van der Waals surface area contributed by atoms with Crippen LogP contribution < -0.4 is 10.6 Å². The Labute approximate surface area is 98.0 Å². The molecule has 1 fully saturated rings. The summed E-state index contributed by atoms with van der Waals surface area (Å²) in [6.45, 7) is 1.70. The summed E-state index contributed by atoms with van der Waals surface area (Å²) in [5.41, 5.74) is 5.75. The number of piperidine rings is 1. The van der Waals surface area contributed by atoms with Crippen LogP contribution in [0.25, 0.3) is 0 Å². The molecule has 2 N–H and O–H groups in total. The minimum absolute atomic E-state index is 0.403. The molecule has 0 radical (unpaired) electrons. The zero-order chi connectivity index (χ0) is 10.7. The van der Waals surface area contributed by atoms with Crippen LogP contribution in [0.15, 0.2) is 16.9 Å². The topological polar surface area (TPSA) is 55.0 Å². The first-order valence-corrected chi connectivity index (χ1v) is 6.05. The van der Waals surface area contributed by atoms with Crippen LogP contribution in [0.3, 0.4) is 0 Å². The van der Waals surface area contributed by atoms with E-state index < -0.39 is 0 Å². The molecule has 0 saturated carbocycles. The smallest absolute Gasteiger partial charge is 0.225 e. The summed E-state index contributed by atoms with van der Waals surface area (Å²) in [5, 5.41) is 0. The SMILES string of the molecule is NCC1CCCCN1c1ncc(Br)cn1. The standard InChI is InChI=1S/C10H15BrN4/c11-8-6-13-10(14-7-8)15-4-2-1-3-9(15)5-12/h6-7,9H,1-5,12H2. The molecular weight excluding hydrogens is 256 g/mol. The summed E-state index contributed by atoms with van der Waals surface area (Å²) in [6.07, 6.45) is 7.18. The van der Waals surface area contributed by atoms with Gasteiger partial charge in [-0.25, -0.2) is 9.97 Å². The van der Waals surface area contributed by atoms with E-state index in [9.17, 15) is 0 Å². The molecule has 2 rings (SSSR count). The van der Waals surface area contributed by atoms with E-state index in [4.69, 9.17) is 5.73 Å². The van der Waals surface area contributed by atoms with Gasteiger partial charge in [0.2, 0.25) is 5.95 Å². The van der Waals surface area contributed by atoms with Gasteiger partial charge in [-0.15, -0.1) is 0 Å². The van der Waals surface area contributed by atoms with Crippen molar-refractivity contribution in [2.45, 2.75) is 25.3 Å². The zero-order valence-corrected chi connectivity index (χ0v) is 10.2. The molecule has 0 spiro atoms. The molecule has 5 heteroatoms. The molecule has 4 nitrogen and oxygen atoms in total. The van der Waals surface area contributed by atoms with Crippen LogP contribution in [0, 0.1) is 0 Å². The third kappa shape index (κ3) is 2.46. The largest absolute Gasteiger partial charge is 0.337 e. The van der Waals surface area contributed by atoms with Crippen molar-refractivity contribution >= 4 is 21.9 Å². The summed E-state index contributed by atoms with van der Waals surface area (Å²) < 4.78 is 0.910. The van der Waals surface area contributed by atoms with E-state index in [2.05, 4.69) is 30.8 Å². The number of aromatic nitrogens is 2. The van der Waals surface area contributed by atoms with Crippen molar-refractivity contribution in [1.82, 2.24) is 9.97 Å². The fraction of sp³-hybridized carbons (Fsp3) is 0.600. The Morgan fingerprint density at radius 2 is 2.13 bits per heavy atom. The Morgan fingerprint density at radius 1 is 1.40 bits per heavy atom. The van der Waals surface area contributed by atoms with Crippen LogP contribution in [0.1, 0.15) is 19.3 Å². The summed E-state index contributed by atoms with van der Waals surface area (Å²) in [7, 11) is 0. The van der Waals surface area contributed by atoms with Gasteiger partial charge < -0.3 is 10.6 Å². The van der Waals surface area contributed by atoms with Crippen LogP contribution in [0.5, 0.6) is 0 Å². The highest BCUT2D eigenvalue weighted by Gasteiger charge is 2.22. The van der Waals surface area contributed by atoms with Crippen LogP contribution in [0.4, 0.5) is 5.95 Å². The zero-order valence-electron chi connectivity index (χ0n) is 8.56. The van der Waals surface area contributed by atoms with E-state index in [1.807, 2.05) is 0 Å². The molecule has 1 saturated heterocycles. The number of hydrogen-bond donors (Lipinski definition) is 1. The molecule has 1 aliphatic heterocycles. The molecule has 1 atom stereocenters. The van der Waals surface area contributed by atoms with E-state index in [-0.39, 0.29) is 0 Å². The molecule has 15 heavy (non-hydrogen) atoms. The van der Waals surface area contributed by atoms with Gasteiger partial charge in [0.15, 0.2) is 0 Å². The second kappa shape index (κ2) is 4.90. The third-order valence-electron chi connectivity index (χ3n) is 2.76. The molecule has 1 unspecified atom stereocenters. The van der Waals surface area contributed by atoms with Gasteiger partial charge >= 0.3 is 0 Å². The molecule has 2 heterocycles. The normalized spacial score (nSPS) is 21.7. The van der Waals surface area contributed by atoms with Crippen molar-refractivity contribution in [2.24, 2.45) is 5.73 Å². The van der Waals surface area contributed by atoms with Crippen LogP contribution in [0.2, 0.25) is 0 Å². The van der Waals surface area contributed by atoms with Gasteiger partial charge in [0.05, 0.1) is 4.47 Å². The molecular formula is C10H15BrN4. The first-order valence-electron chi connectivity index (χ1n) is 5.25. The molecule has 1 aromatic rings. The van der Waals surface area contributed by atoms with Gasteiger partial charge in [-0.05, 0) is 35.2 Å². The lowest BCUT2D eigenvalue weighted by molar-refractivity contribution is 0.458. The first kappa shape index (κ1) is 10.8. The van der Waals surface area contributed by atoms with Crippen molar-refractivity contribution in [3.8, 4) is 0 Å². The number of anilines is 1. The van der Waals surface area contributed by atoms with Gasteiger partial charge in [0.25, 0.3) is 0 Å². The van der Waals surface area contributed by atoms with Gasteiger partial charge in [-0.1, -0.05) is 0 Å². The van der Waals surface area contributed by atoms with E-state index in [0.29, 0.717) is 12.6 Å². The maximum Gasteiger partial charge on any atom is 0.225 e. The van der Waals surface area contributed by atoms with Crippen molar-refractivity contribution in [2.75, 3.05) is 18.0 Å². The summed E-state index contributed by atoms with van der Waals surface area (Å²) >= 11 is 3.33. The maximum absolute atomic E-state index is 5.75. The van der Waals surface area contributed by atoms with Gasteiger partial charge in [-0.3, -0.25) is 0 Å². The minimum Gasteiger partial charge on any atom is -0.337 e. The Kier molecular flexibility index (Phi) is 3.53. The van der Waals surface area contributed by atoms with Gasteiger partial charge in [0.1, 0.15) is 0 Å². The van der Waals surface area contributed by atoms with Crippen LogP contribution in [-0.4, -0.2) is 29.1 Å². The summed E-state index contributed by atoms with van der Waals surface area (Å²) in [5.74, 6) is 0.799. The molecule has 1 aromatic heterocycles. The van der Waals surface area contributed by atoms with Crippen molar-refractivity contribution < 1.29 is 0 Å². The average Bonchev–Trinajstić information content (AvgIpc) is 2.30. The monoisotopic (exact) mass is 270 g/mol. The van der Waals surface area contributed by atoms with Crippen LogP contribution in [-0.2, 0) is 0 Å². The summed E-state index contributed by atoms with van der Waals surface area (Å²) in [4.78, 5) is 10.8. The highest BCUT2D eigenvalue weighted by Crippen LogP contribution is 2.21. The van der Waals surface area contributed by atoms with E-state index in [0.717, 1.165) is 23.4 Å². The number of nitrogens with two attached hydrogens (primary N) is 1. The predicted octanol–water partition coefficient (Wildman–Crippen LogP) is 1.56. The molecule has 0 aromatic carbocycles. The van der Waals surface area contributed by atoms with Crippen LogP contribution >= 0.6 is 15.9 Å². The Hall–Kier alpha value is -0.680. The van der Waals surface area contributed by atoms with Gasteiger partial charge in [-0.2, -0.15) is 0 Å². The Bertz CT molecular complexity index is 314. The van der Waals surface area contributed by atoms with E-state index in [1.165, 1.54) is 12.8 Å². The predicted molar refractivity (Wildman–Crippen MR) is 63.8 cm³/mol. The summed E-state index contributed by atoms with van der Waals surface area (Å²) in [6, 6.07) is 0.403. The number of rotatable bonds is 2. The number of halogens is 1. The van der Waals surface area contributed by atoms with E-state index >= 15 is 0 Å². The quantitative estimate of drug-likeness (QED) is 0.886. The molecule has 82 valence electrons. The van der Waals surface area contributed by atoms with Gasteiger partial charge in [0, 0.05) is 31.5 Å².